The highest BCUT2D eigenvalue weighted by Gasteiger charge is 2.30. The lowest BCUT2D eigenvalue weighted by Crippen LogP contribution is -2.04. The van der Waals surface area contributed by atoms with Gasteiger partial charge in [0.15, 0.2) is 0 Å². The summed E-state index contributed by atoms with van der Waals surface area (Å²) in [7, 11) is 0. The second-order valence-electron chi connectivity index (χ2n) is 3.52. The normalized spacial score (nSPS) is 11.5. The monoisotopic (exact) mass is 242 g/mol. The molecule has 0 atom stereocenters. The molecule has 1 aromatic heterocycles. The van der Waals surface area contributed by atoms with Gasteiger partial charge in [0, 0.05) is 11.8 Å². The highest BCUT2D eigenvalue weighted by atomic mass is 19.4. The lowest BCUT2D eigenvalue weighted by Gasteiger charge is -2.08. The first-order valence-electron chi connectivity index (χ1n) is 4.82. The standard InChI is InChI=1S/C11H9F3N2O/c1-7-5-10(16-15-7)17-9-4-2-3-8(6-9)11(12,13)14/h2-6H,1H3,(H,15,16). The van der Waals surface area contributed by atoms with Crippen LogP contribution in [-0.2, 0) is 6.18 Å². The fourth-order valence-corrected chi connectivity index (χ4v) is 1.30. The molecule has 0 aliphatic heterocycles. The maximum Gasteiger partial charge on any atom is 0.416 e. The summed E-state index contributed by atoms with van der Waals surface area (Å²) >= 11 is 0. The summed E-state index contributed by atoms with van der Waals surface area (Å²) in [5.41, 5.74) is 0.0224. The molecular weight excluding hydrogens is 233 g/mol. The average molecular weight is 242 g/mol. The zero-order valence-electron chi connectivity index (χ0n) is 8.88. The van der Waals surface area contributed by atoms with Crippen LogP contribution in [0.3, 0.4) is 0 Å². The van der Waals surface area contributed by atoms with E-state index in [1.807, 2.05) is 0 Å². The fraction of sp³-hybridized carbons (Fsp3) is 0.182. The van der Waals surface area contributed by atoms with E-state index in [1.54, 1.807) is 13.0 Å². The van der Waals surface area contributed by atoms with Crippen LogP contribution >= 0.6 is 0 Å². The SMILES string of the molecule is Cc1cc(Oc2cccc(C(F)(F)F)c2)n[nH]1. The van der Waals surface area contributed by atoms with Crippen molar-refractivity contribution < 1.29 is 17.9 Å². The number of alkyl halides is 3. The lowest BCUT2D eigenvalue weighted by atomic mass is 10.2. The molecule has 1 aromatic carbocycles. The summed E-state index contributed by atoms with van der Waals surface area (Å²) in [6, 6.07) is 6.25. The van der Waals surface area contributed by atoms with Crippen LogP contribution < -0.4 is 4.74 Å². The zero-order valence-corrected chi connectivity index (χ0v) is 8.88. The molecule has 0 amide bonds. The maximum absolute atomic E-state index is 12.4. The largest absolute Gasteiger partial charge is 0.438 e. The third kappa shape index (κ3) is 2.77. The predicted octanol–water partition coefficient (Wildman–Crippen LogP) is 3.53. The Morgan fingerprint density at radius 2 is 2.00 bits per heavy atom. The molecule has 0 fully saturated rings. The van der Waals surface area contributed by atoms with E-state index in [4.69, 9.17) is 4.74 Å². The Morgan fingerprint density at radius 1 is 1.24 bits per heavy atom. The number of aromatic amines is 1. The van der Waals surface area contributed by atoms with Crippen molar-refractivity contribution >= 4 is 0 Å². The molecule has 0 saturated carbocycles. The van der Waals surface area contributed by atoms with E-state index in [-0.39, 0.29) is 11.6 Å². The Kier molecular flexibility index (Phi) is 2.79. The van der Waals surface area contributed by atoms with Crippen LogP contribution in [0.4, 0.5) is 13.2 Å². The molecule has 6 heteroatoms. The maximum atomic E-state index is 12.4. The molecule has 0 radical (unpaired) electrons. The van der Waals surface area contributed by atoms with Gasteiger partial charge in [-0.05, 0) is 25.1 Å². The molecule has 90 valence electrons. The first-order valence-corrected chi connectivity index (χ1v) is 4.82. The zero-order chi connectivity index (χ0) is 12.5. The molecule has 0 unspecified atom stereocenters. The van der Waals surface area contributed by atoms with Gasteiger partial charge in [-0.1, -0.05) is 6.07 Å². The smallest absolute Gasteiger partial charge is 0.416 e. The van der Waals surface area contributed by atoms with E-state index in [9.17, 15) is 13.2 Å². The predicted molar refractivity (Wildman–Crippen MR) is 54.8 cm³/mol. The minimum atomic E-state index is -4.37. The van der Waals surface area contributed by atoms with Gasteiger partial charge < -0.3 is 4.74 Å². The number of rotatable bonds is 2. The van der Waals surface area contributed by atoms with Gasteiger partial charge in [0.1, 0.15) is 5.75 Å². The molecular formula is C11H9F3N2O. The Morgan fingerprint density at radius 3 is 2.59 bits per heavy atom. The molecule has 3 nitrogen and oxygen atoms in total. The number of benzene rings is 1. The molecule has 1 heterocycles. The minimum Gasteiger partial charge on any atom is -0.438 e. The van der Waals surface area contributed by atoms with Crippen LogP contribution in [-0.4, -0.2) is 10.2 Å². The summed E-state index contributed by atoms with van der Waals surface area (Å²) in [5, 5.41) is 6.41. The third-order valence-corrected chi connectivity index (χ3v) is 2.07. The number of aromatic nitrogens is 2. The van der Waals surface area contributed by atoms with E-state index >= 15 is 0 Å². The van der Waals surface area contributed by atoms with Crippen molar-refractivity contribution in [1.29, 1.82) is 0 Å². The Hall–Kier alpha value is -1.98. The van der Waals surface area contributed by atoms with Gasteiger partial charge in [-0.3, -0.25) is 5.10 Å². The van der Waals surface area contributed by atoms with Crippen LogP contribution in [0.25, 0.3) is 0 Å². The van der Waals surface area contributed by atoms with E-state index in [0.717, 1.165) is 17.8 Å². The Bertz CT molecular complexity index is 519. The highest BCUT2D eigenvalue weighted by Crippen LogP contribution is 2.32. The number of nitrogens with zero attached hydrogens (tertiary/aromatic N) is 1. The van der Waals surface area contributed by atoms with Crippen molar-refractivity contribution in [3.63, 3.8) is 0 Å². The lowest BCUT2D eigenvalue weighted by molar-refractivity contribution is -0.137. The van der Waals surface area contributed by atoms with Crippen molar-refractivity contribution in [3.05, 3.63) is 41.6 Å². The summed E-state index contributed by atoms with van der Waals surface area (Å²) in [6.45, 7) is 1.77. The number of H-pyrrole nitrogens is 1. The fourth-order valence-electron chi connectivity index (χ4n) is 1.30. The van der Waals surface area contributed by atoms with Crippen molar-refractivity contribution in [2.75, 3.05) is 0 Å². The van der Waals surface area contributed by atoms with Crippen LogP contribution in [0.5, 0.6) is 11.6 Å². The van der Waals surface area contributed by atoms with Crippen LogP contribution in [0, 0.1) is 6.92 Å². The van der Waals surface area contributed by atoms with Gasteiger partial charge in [0.25, 0.3) is 0 Å². The number of ether oxygens (including phenoxy) is 1. The Labute approximate surface area is 95.2 Å². The molecule has 0 aliphatic rings. The van der Waals surface area contributed by atoms with Crippen molar-refractivity contribution in [2.45, 2.75) is 13.1 Å². The molecule has 0 aliphatic carbocycles. The molecule has 17 heavy (non-hydrogen) atoms. The van der Waals surface area contributed by atoms with E-state index in [0.29, 0.717) is 0 Å². The van der Waals surface area contributed by atoms with Gasteiger partial charge >= 0.3 is 6.18 Å². The van der Waals surface area contributed by atoms with Crippen LogP contribution in [0.1, 0.15) is 11.3 Å². The van der Waals surface area contributed by atoms with E-state index in [2.05, 4.69) is 10.2 Å². The summed E-state index contributed by atoms with van der Waals surface area (Å²) < 4.78 is 42.5. The summed E-state index contributed by atoms with van der Waals surface area (Å²) in [5.74, 6) is 0.341. The molecule has 0 spiro atoms. The van der Waals surface area contributed by atoms with E-state index < -0.39 is 11.7 Å². The van der Waals surface area contributed by atoms with Crippen molar-refractivity contribution in [3.8, 4) is 11.6 Å². The van der Waals surface area contributed by atoms with Crippen LogP contribution in [0.15, 0.2) is 30.3 Å². The summed E-state index contributed by atoms with van der Waals surface area (Å²) in [6.07, 6.45) is -4.37. The molecule has 1 N–H and O–H groups in total. The quantitative estimate of drug-likeness (QED) is 0.874. The molecule has 2 rings (SSSR count). The van der Waals surface area contributed by atoms with Gasteiger partial charge in [-0.25, -0.2) is 0 Å². The highest BCUT2D eigenvalue weighted by molar-refractivity contribution is 5.33. The second-order valence-corrected chi connectivity index (χ2v) is 3.52. The topological polar surface area (TPSA) is 37.9 Å². The van der Waals surface area contributed by atoms with Crippen molar-refractivity contribution in [1.82, 2.24) is 10.2 Å². The number of aryl methyl sites for hydroxylation is 1. The Balaban J connectivity index is 2.22. The third-order valence-electron chi connectivity index (χ3n) is 2.07. The van der Waals surface area contributed by atoms with Crippen molar-refractivity contribution in [2.24, 2.45) is 0 Å². The summed E-state index contributed by atoms with van der Waals surface area (Å²) in [4.78, 5) is 0. The van der Waals surface area contributed by atoms with Gasteiger partial charge in [0.05, 0.1) is 5.56 Å². The van der Waals surface area contributed by atoms with Gasteiger partial charge in [-0.15, -0.1) is 5.10 Å². The molecule has 0 bridgehead atoms. The number of hydrogen-bond donors (Lipinski definition) is 1. The van der Waals surface area contributed by atoms with Gasteiger partial charge in [-0.2, -0.15) is 13.2 Å². The minimum absolute atomic E-state index is 0.103. The average Bonchev–Trinajstić information content (AvgIpc) is 2.63. The first-order chi connectivity index (χ1) is 7.95. The number of hydrogen-bond acceptors (Lipinski definition) is 2. The molecule has 0 saturated heterocycles. The van der Waals surface area contributed by atoms with E-state index in [1.165, 1.54) is 12.1 Å². The molecule has 2 aromatic rings. The number of halogens is 3. The second kappa shape index (κ2) is 4.12. The number of nitrogens with one attached hydrogen (secondary N) is 1. The van der Waals surface area contributed by atoms with Gasteiger partial charge in [0.2, 0.25) is 5.88 Å². The van der Waals surface area contributed by atoms with Crippen LogP contribution in [0.2, 0.25) is 0 Å². The first kappa shape index (κ1) is 11.5.